The molecule has 0 amide bonds. The second-order valence-electron chi connectivity index (χ2n) is 5.41. The fourth-order valence-corrected chi connectivity index (χ4v) is 2.57. The highest BCUT2D eigenvalue weighted by Gasteiger charge is 2.10. The summed E-state index contributed by atoms with van der Waals surface area (Å²) >= 11 is 0. The summed E-state index contributed by atoms with van der Waals surface area (Å²) in [7, 11) is 0. The van der Waals surface area contributed by atoms with Crippen LogP contribution in [-0.4, -0.2) is 16.0 Å². The highest BCUT2D eigenvalue weighted by atomic mass is 16.6. The van der Waals surface area contributed by atoms with Crippen LogP contribution >= 0.6 is 0 Å². The van der Waals surface area contributed by atoms with Gasteiger partial charge in [0, 0.05) is 29.4 Å². The van der Waals surface area contributed by atoms with Crippen molar-refractivity contribution in [1.82, 2.24) is 4.57 Å². The molecule has 0 radical (unpaired) electrons. The number of fused-ring (bicyclic) bond motifs is 1. The molecule has 0 saturated carbocycles. The molecule has 1 atom stereocenters. The number of hydrogen-bond donors (Lipinski definition) is 1. The largest absolute Gasteiger partial charge is 0.330 e. The number of nitrogens with two attached hydrogens (primary N) is 1. The average molecular weight is 295 g/mol. The summed E-state index contributed by atoms with van der Waals surface area (Å²) in [6, 6.07) is 15.0. The smallest absolute Gasteiger partial charge is 0.270 e. The van der Waals surface area contributed by atoms with Gasteiger partial charge >= 0.3 is 0 Å². The number of nitro benzene ring substituents is 1. The van der Waals surface area contributed by atoms with Gasteiger partial charge in [-0.3, -0.25) is 10.1 Å². The lowest BCUT2D eigenvalue weighted by atomic mass is 10.0. The predicted molar refractivity (Wildman–Crippen MR) is 87.4 cm³/mol. The molecule has 0 aliphatic carbocycles. The van der Waals surface area contributed by atoms with E-state index >= 15 is 0 Å². The van der Waals surface area contributed by atoms with Crippen molar-refractivity contribution in [3.8, 4) is 5.69 Å². The molecule has 1 unspecified atom stereocenters. The van der Waals surface area contributed by atoms with Crippen molar-refractivity contribution in [2.45, 2.75) is 12.8 Å². The molecule has 1 aromatic heterocycles. The summed E-state index contributed by atoms with van der Waals surface area (Å²) in [5, 5.41) is 11.7. The maximum absolute atomic E-state index is 10.8. The Morgan fingerprint density at radius 3 is 2.55 bits per heavy atom. The van der Waals surface area contributed by atoms with Crippen LogP contribution in [0.3, 0.4) is 0 Å². The Kier molecular flexibility index (Phi) is 3.65. The zero-order valence-corrected chi connectivity index (χ0v) is 12.3. The van der Waals surface area contributed by atoms with Gasteiger partial charge in [0.05, 0.1) is 10.4 Å². The summed E-state index contributed by atoms with van der Waals surface area (Å²) in [5.41, 5.74) is 8.98. The fourth-order valence-electron chi connectivity index (χ4n) is 2.57. The van der Waals surface area contributed by atoms with Gasteiger partial charge in [-0.2, -0.15) is 0 Å². The zero-order valence-electron chi connectivity index (χ0n) is 12.3. The van der Waals surface area contributed by atoms with Crippen molar-refractivity contribution < 1.29 is 4.92 Å². The van der Waals surface area contributed by atoms with Gasteiger partial charge < -0.3 is 10.3 Å². The molecule has 1 heterocycles. The van der Waals surface area contributed by atoms with E-state index in [1.807, 2.05) is 29.0 Å². The molecule has 0 aliphatic heterocycles. The van der Waals surface area contributed by atoms with Crippen LogP contribution in [-0.2, 0) is 0 Å². The molecule has 2 N–H and O–H groups in total. The second-order valence-corrected chi connectivity index (χ2v) is 5.41. The van der Waals surface area contributed by atoms with Gasteiger partial charge in [0.1, 0.15) is 0 Å². The van der Waals surface area contributed by atoms with E-state index in [4.69, 9.17) is 5.73 Å². The van der Waals surface area contributed by atoms with Crippen molar-refractivity contribution in [2.24, 2.45) is 5.73 Å². The predicted octanol–water partition coefficient (Wildman–Crippen LogP) is 3.60. The van der Waals surface area contributed by atoms with Crippen molar-refractivity contribution in [3.63, 3.8) is 0 Å². The van der Waals surface area contributed by atoms with Crippen LogP contribution in [0.15, 0.2) is 54.7 Å². The average Bonchev–Trinajstić information content (AvgIpc) is 2.97. The van der Waals surface area contributed by atoms with E-state index in [-0.39, 0.29) is 10.6 Å². The monoisotopic (exact) mass is 295 g/mol. The van der Waals surface area contributed by atoms with Crippen molar-refractivity contribution in [1.29, 1.82) is 0 Å². The first-order valence-corrected chi connectivity index (χ1v) is 7.16. The zero-order chi connectivity index (χ0) is 15.7. The molecule has 3 rings (SSSR count). The molecule has 0 bridgehead atoms. The number of rotatable bonds is 4. The molecule has 112 valence electrons. The number of benzene rings is 2. The SMILES string of the molecule is CC(CN)c1ccc(-n2ccc3cc([N+](=O)[O-])ccc32)cc1. The quantitative estimate of drug-likeness (QED) is 0.590. The van der Waals surface area contributed by atoms with Gasteiger partial charge in [-0.1, -0.05) is 19.1 Å². The minimum Gasteiger partial charge on any atom is -0.330 e. The minimum atomic E-state index is -0.375. The molecule has 0 spiro atoms. The Morgan fingerprint density at radius 2 is 1.91 bits per heavy atom. The molecule has 3 aromatic rings. The molecule has 22 heavy (non-hydrogen) atoms. The number of non-ortho nitro benzene ring substituents is 1. The molecule has 0 fully saturated rings. The first kappa shape index (κ1) is 14.3. The number of nitrogens with zero attached hydrogens (tertiary/aromatic N) is 2. The first-order valence-electron chi connectivity index (χ1n) is 7.16. The molecule has 0 aliphatic rings. The molecular formula is C17H17N3O2. The minimum absolute atomic E-state index is 0.109. The highest BCUT2D eigenvalue weighted by molar-refractivity contribution is 5.84. The third-order valence-electron chi connectivity index (χ3n) is 3.98. The molecule has 5 nitrogen and oxygen atoms in total. The third kappa shape index (κ3) is 2.46. The highest BCUT2D eigenvalue weighted by Crippen LogP contribution is 2.25. The Balaban J connectivity index is 2.01. The van der Waals surface area contributed by atoms with Crippen LogP contribution in [0.2, 0.25) is 0 Å². The lowest BCUT2D eigenvalue weighted by molar-refractivity contribution is -0.384. The van der Waals surface area contributed by atoms with E-state index in [2.05, 4.69) is 19.1 Å². The first-order chi connectivity index (χ1) is 10.6. The third-order valence-corrected chi connectivity index (χ3v) is 3.98. The maximum atomic E-state index is 10.8. The van der Waals surface area contributed by atoms with Crippen molar-refractivity contribution in [2.75, 3.05) is 6.54 Å². The van der Waals surface area contributed by atoms with E-state index in [0.29, 0.717) is 12.5 Å². The molecular weight excluding hydrogens is 278 g/mol. The summed E-state index contributed by atoms with van der Waals surface area (Å²) in [4.78, 5) is 10.5. The Bertz CT molecular complexity index is 822. The van der Waals surface area contributed by atoms with Gasteiger partial charge in [-0.05, 0) is 42.3 Å². The van der Waals surface area contributed by atoms with Crippen LogP contribution in [0.5, 0.6) is 0 Å². The lowest BCUT2D eigenvalue weighted by Crippen LogP contribution is -2.08. The standard InChI is InChI=1S/C17H17N3O2/c1-12(11-18)13-2-4-15(5-3-13)19-9-8-14-10-16(20(21)22)6-7-17(14)19/h2-10,12H,11,18H2,1H3. The number of nitro groups is 1. The Hall–Kier alpha value is -2.66. The van der Waals surface area contributed by atoms with Crippen molar-refractivity contribution >= 4 is 16.6 Å². The van der Waals surface area contributed by atoms with Gasteiger partial charge in [-0.25, -0.2) is 0 Å². The van der Waals surface area contributed by atoms with E-state index in [9.17, 15) is 10.1 Å². The Labute approximate surface area is 128 Å². The van der Waals surface area contributed by atoms with Gasteiger partial charge in [0.25, 0.3) is 5.69 Å². The maximum Gasteiger partial charge on any atom is 0.270 e. The van der Waals surface area contributed by atoms with Crippen LogP contribution < -0.4 is 5.73 Å². The van der Waals surface area contributed by atoms with Gasteiger partial charge in [0.15, 0.2) is 0 Å². The van der Waals surface area contributed by atoms with Crippen molar-refractivity contribution in [3.05, 3.63) is 70.4 Å². The van der Waals surface area contributed by atoms with Crippen LogP contribution in [0.4, 0.5) is 5.69 Å². The van der Waals surface area contributed by atoms with Crippen LogP contribution in [0, 0.1) is 10.1 Å². The van der Waals surface area contributed by atoms with E-state index < -0.39 is 0 Å². The summed E-state index contributed by atoms with van der Waals surface area (Å²) in [5.74, 6) is 0.332. The normalized spacial score (nSPS) is 12.5. The van der Waals surface area contributed by atoms with Crippen LogP contribution in [0.25, 0.3) is 16.6 Å². The van der Waals surface area contributed by atoms with Gasteiger partial charge in [-0.15, -0.1) is 0 Å². The number of aromatic nitrogens is 1. The van der Waals surface area contributed by atoms with Gasteiger partial charge in [0.2, 0.25) is 0 Å². The van der Waals surface area contributed by atoms with E-state index in [0.717, 1.165) is 16.6 Å². The second kappa shape index (κ2) is 5.61. The fraction of sp³-hybridized carbons (Fsp3) is 0.176. The van der Waals surface area contributed by atoms with E-state index in [1.54, 1.807) is 12.1 Å². The number of hydrogen-bond acceptors (Lipinski definition) is 3. The molecule has 2 aromatic carbocycles. The van der Waals surface area contributed by atoms with Crippen LogP contribution in [0.1, 0.15) is 18.4 Å². The summed E-state index contributed by atoms with van der Waals surface area (Å²) in [6.07, 6.45) is 1.93. The topological polar surface area (TPSA) is 74.1 Å². The summed E-state index contributed by atoms with van der Waals surface area (Å²) in [6.45, 7) is 2.72. The van der Waals surface area contributed by atoms with E-state index in [1.165, 1.54) is 11.6 Å². The Morgan fingerprint density at radius 1 is 1.18 bits per heavy atom. The lowest BCUT2D eigenvalue weighted by Gasteiger charge is -2.11. The molecule has 5 heteroatoms. The molecule has 0 saturated heterocycles. The summed E-state index contributed by atoms with van der Waals surface area (Å²) < 4.78 is 2.02.